The molecule has 2 aromatic rings. The molecule has 2 N–H and O–H groups in total. The molecule has 0 bridgehead atoms. The van der Waals surface area contributed by atoms with E-state index in [0.29, 0.717) is 17.0 Å². The third-order valence-electron chi connectivity index (χ3n) is 6.13. The Balaban J connectivity index is 1.83. The van der Waals surface area contributed by atoms with Gasteiger partial charge in [-0.15, -0.1) is 0 Å². The minimum absolute atomic E-state index is 0.166. The van der Waals surface area contributed by atoms with E-state index in [1.165, 1.54) is 17.4 Å². The van der Waals surface area contributed by atoms with Gasteiger partial charge >= 0.3 is 0 Å². The molecule has 158 valence electrons. The number of carbonyl (C=O) groups is 1. The summed E-state index contributed by atoms with van der Waals surface area (Å²) in [7, 11) is 0. The number of hydrogen-bond donors (Lipinski definition) is 1. The van der Waals surface area contributed by atoms with Gasteiger partial charge in [0.25, 0.3) is 5.91 Å². The molecule has 1 aromatic carbocycles. The van der Waals surface area contributed by atoms with E-state index >= 15 is 0 Å². The van der Waals surface area contributed by atoms with Crippen molar-refractivity contribution in [3.05, 3.63) is 53.1 Å². The average molecular weight is 408 g/mol. The van der Waals surface area contributed by atoms with Crippen LogP contribution in [0, 0.1) is 29.1 Å². The van der Waals surface area contributed by atoms with Crippen LogP contribution in [0.3, 0.4) is 0 Å². The minimum Gasteiger partial charge on any atom is -0.489 e. The molecule has 0 radical (unpaired) electrons. The molecule has 0 atom stereocenters. The van der Waals surface area contributed by atoms with Crippen molar-refractivity contribution < 1.29 is 9.53 Å². The van der Waals surface area contributed by atoms with Crippen LogP contribution in [0.15, 0.2) is 30.6 Å². The number of aromatic nitrogens is 2. The molecule has 1 fully saturated rings. The van der Waals surface area contributed by atoms with Gasteiger partial charge in [-0.3, -0.25) is 9.80 Å². The summed E-state index contributed by atoms with van der Waals surface area (Å²) in [5, 5.41) is 10.5. The van der Waals surface area contributed by atoms with Gasteiger partial charge in [-0.2, -0.15) is 5.26 Å². The monoisotopic (exact) mass is 407 g/mol. The van der Waals surface area contributed by atoms with Gasteiger partial charge in [0, 0.05) is 23.2 Å². The van der Waals surface area contributed by atoms with Crippen LogP contribution in [-0.4, -0.2) is 33.0 Å². The van der Waals surface area contributed by atoms with Crippen molar-refractivity contribution in [2.45, 2.75) is 60.1 Å². The number of aryl methyl sites for hydroxylation is 2. The van der Waals surface area contributed by atoms with Gasteiger partial charge in [-0.05, 0) is 37.1 Å². The zero-order chi connectivity index (χ0) is 22.3. The predicted molar refractivity (Wildman–Crippen MR) is 113 cm³/mol. The van der Waals surface area contributed by atoms with E-state index in [1.54, 1.807) is 13.0 Å². The van der Waals surface area contributed by atoms with Crippen molar-refractivity contribution in [1.29, 1.82) is 5.26 Å². The van der Waals surface area contributed by atoms with Crippen molar-refractivity contribution in [3.63, 3.8) is 0 Å². The third-order valence-corrected chi connectivity index (χ3v) is 6.13. The van der Waals surface area contributed by atoms with Gasteiger partial charge in [0.1, 0.15) is 17.7 Å². The average Bonchev–Trinajstić information content (AvgIpc) is 2.71. The van der Waals surface area contributed by atoms with Crippen LogP contribution in [-0.2, 0) is 6.42 Å². The van der Waals surface area contributed by atoms with E-state index in [2.05, 4.69) is 43.7 Å². The lowest BCUT2D eigenvalue weighted by atomic mass is 9.49. The molecule has 0 saturated heterocycles. The van der Waals surface area contributed by atoms with Crippen molar-refractivity contribution in [2.24, 2.45) is 16.7 Å². The first-order valence-corrected chi connectivity index (χ1v) is 10.1. The molecule has 1 aliphatic rings. The van der Waals surface area contributed by atoms with Crippen molar-refractivity contribution in [3.8, 4) is 11.8 Å². The van der Waals surface area contributed by atoms with E-state index in [9.17, 15) is 10.1 Å². The fourth-order valence-corrected chi connectivity index (χ4v) is 5.08. The van der Waals surface area contributed by atoms with E-state index in [4.69, 9.17) is 10.6 Å². The maximum absolute atomic E-state index is 12.9. The summed E-state index contributed by atoms with van der Waals surface area (Å²) in [6.45, 7) is 12.0. The zero-order valence-corrected chi connectivity index (χ0v) is 18.4. The molecule has 0 unspecified atom stereocenters. The van der Waals surface area contributed by atoms with Gasteiger partial charge in [-0.1, -0.05) is 34.6 Å². The normalized spacial score (nSPS) is 21.3. The first-order chi connectivity index (χ1) is 14.0. The van der Waals surface area contributed by atoms with Gasteiger partial charge in [-0.25, -0.2) is 15.8 Å². The number of nitrogens with zero attached hydrogens (tertiary/aromatic N) is 4. The molecular weight excluding hydrogens is 378 g/mol. The van der Waals surface area contributed by atoms with E-state index in [1.807, 2.05) is 19.1 Å². The van der Waals surface area contributed by atoms with Crippen LogP contribution in [0.2, 0.25) is 0 Å². The highest BCUT2D eigenvalue weighted by Crippen LogP contribution is 2.57. The summed E-state index contributed by atoms with van der Waals surface area (Å²) < 4.78 is 6.38. The Morgan fingerprint density at radius 1 is 1.23 bits per heavy atom. The smallest absolute Gasteiger partial charge is 0.271 e. The van der Waals surface area contributed by atoms with E-state index in [0.717, 1.165) is 17.7 Å². The number of hydrazine groups is 1. The van der Waals surface area contributed by atoms with E-state index in [-0.39, 0.29) is 28.9 Å². The molecule has 1 aromatic heterocycles. The molecule has 7 heteroatoms. The molecule has 1 heterocycles. The second-order valence-electron chi connectivity index (χ2n) is 9.06. The number of amides is 1. The Kier molecular flexibility index (Phi) is 5.57. The number of nitrogens with two attached hydrogens (primary N) is 1. The van der Waals surface area contributed by atoms with Gasteiger partial charge in [0.2, 0.25) is 0 Å². The van der Waals surface area contributed by atoms with Crippen LogP contribution < -0.4 is 10.6 Å². The topological polar surface area (TPSA) is 105 Å². The molecule has 1 aliphatic carbocycles. The number of rotatable bonds is 5. The largest absolute Gasteiger partial charge is 0.489 e. The van der Waals surface area contributed by atoms with Crippen LogP contribution >= 0.6 is 0 Å². The van der Waals surface area contributed by atoms with Gasteiger partial charge in [0.15, 0.2) is 0 Å². The number of benzene rings is 1. The Labute approximate surface area is 177 Å². The first-order valence-electron chi connectivity index (χ1n) is 10.1. The third kappa shape index (κ3) is 3.52. The molecule has 7 nitrogen and oxygen atoms in total. The quantitative estimate of drug-likeness (QED) is 0.462. The maximum atomic E-state index is 12.9. The number of hydrogen-bond acceptors (Lipinski definition) is 6. The SMILES string of the molecule is CCc1cc(OC2C(C)(C)C(N(N)C(=O)c3cnc(C)nc3)C2(C)C)ccc1C#N. The standard InChI is InChI=1S/C23H29N5O2/c1-7-15-10-18(9-8-16(15)11-24)30-21-22(3,4)20(23(21,5)6)28(25)19(29)17-12-26-14(2)27-13-17/h8-10,12-13,20-21H,7,25H2,1-6H3. The lowest BCUT2D eigenvalue weighted by molar-refractivity contribution is -0.199. The molecule has 0 spiro atoms. The van der Waals surface area contributed by atoms with Crippen LogP contribution in [0.25, 0.3) is 0 Å². The Morgan fingerprint density at radius 3 is 2.37 bits per heavy atom. The summed E-state index contributed by atoms with van der Waals surface area (Å²) in [6.07, 6.45) is 3.59. The number of carbonyl (C=O) groups excluding carboxylic acids is 1. The van der Waals surface area contributed by atoms with Crippen LogP contribution in [0.1, 0.15) is 61.9 Å². The lowest BCUT2D eigenvalue weighted by Crippen LogP contribution is -2.76. The summed E-state index contributed by atoms with van der Waals surface area (Å²) in [5.41, 5.74) is 1.20. The Bertz CT molecular complexity index is 976. The predicted octanol–water partition coefficient (Wildman–Crippen LogP) is 3.42. The fraction of sp³-hybridized carbons (Fsp3) is 0.478. The highest BCUT2D eigenvalue weighted by Gasteiger charge is 2.66. The summed E-state index contributed by atoms with van der Waals surface area (Å²) in [5.74, 6) is 7.32. The minimum atomic E-state index is -0.389. The summed E-state index contributed by atoms with van der Waals surface area (Å²) in [6, 6.07) is 7.51. The molecular formula is C23H29N5O2. The summed E-state index contributed by atoms with van der Waals surface area (Å²) in [4.78, 5) is 21.1. The molecule has 3 rings (SSSR count). The van der Waals surface area contributed by atoms with Crippen LogP contribution in [0.5, 0.6) is 5.75 Å². The number of ether oxygens (including phenoxy) is 1. The van der Waals surface area contributed by atoms with E-state index < -0.39 is 0 Å². The van der Waals surface area contributed by atoms with Gasteiger partial charge < -0.3 is 4.74 Å². The summed E-state index contributed by atoms with van der Waals surface area (Å²) >= 11 is 0. The van der Waals surface area contributed by atoms with Crippen molar-refractivity contribution >= 4 is 5.91 Å². The van der Waals surface area contributed by atoms with Crippen LogP contribution in [0.4, 0.5) is 0 Å². The van der Waals surface area contributed by atoms with Crippen molar-refractivity contribution in [1.82, 2.24) is 15.0 Å². The number of nitriles is 1. The maximum Gasteiger partial charge on any atom is 0.271 e. The highest BCUT2D eigenvalue weighted by atomic mass is 16.5. The molecule has 30 heavy (non-hydrogen) atoms. The second kappa shape index (κ2) is 7.69. The molecule has 1 amide bonds. The molecule has 1 saturated carbocycles. The zero-order valence-electron chi connectivity index (χ0n) is 18.4. The highest BCUT2D eigenvalue weighted by molar-refractivity contribution is 5.93. The first kappa shape index (κ1) is 21.7. The Hall–Kier alpha value is -2.98. The van der Waals surface area contributed by atoms with Gasteiger partial charge in [0.05, 0.1) is 23.2 Å². The lowest BCUT2D eigenvalue weighted by Gasteiger charge is -2.64. The molecule has 0 aliphatic heterocycles. The second-order valence-corrected chi connectivity index (χ2v) is 9.06. The Morgan fingerprint density at radius 2 is 1.83 bits per heavy atom. The van der Waals surface area contributed by atoms with Crippen molar-refractivity contribution in [2.75, 3.05) is 0 Å². The fourth-order valence-electron chi connectivity index (χ4n) is 5.08.